The van der Waals surface area contributed by atoms with E-state index in [1.165, 1.54) is 12.1 Å². The quantitative estimate of drug-likeness (QED) is 0.689. The molecular formula is C17H13F2NS. The molecule has 0 aliphatic carbocycles. The molecule has 0 aliphatic heterocycles. The van der Waals surface area contributed by atoms with Crippen molar-refractivity contribution in [1.29, 1.82) is 0 Å². The largest absolute Gasteiger partial charge is 0.378 e. The summed E-state index contributed by atoms with van der Waals surface area (Å²) in [6, 6.07) is 18.2. The number of benzene rings is 2. The molecule has 4 heteroatoms. The Hall–Kier alpha value is -2.20. The predicted molar refractivity (Wildman–Crippen MR) is 83.4 cm³/mol. The second-order valence-corrected chi connectivity index (χ2v) is 5.76. The van der Waals surface area contributed by atoms with E-state index in [4.69, 9.17) is 0 Å². The summed E-state index contributed by atoms with van der Waals surface area (Å²) in [7, 11) is 0. The Morgan fingerprint density at radius 1 is 0.857 bits per heavy atom. The highest BCUT2D eigenvalue weighted by Gasteiger charge is 2.08. The van der Waals surface area contributed by atoms with Gasteiger partial charge in [-0.2, -0.15) is 0 Å². The van der Waals surface area contributed by atoms with E-state index in [9.17, 15) is 8.78 Å². The van der Waals surface area contributed by atoms with Crippen molar-refractivity contribution < 1.29 is 8.78 Å². The summed E-state index contributed by atoms with van der Waals surface area (Å²) < 4.78 is 26.7. The SMILES string of the molecule is Fc1cccc(NCc2ccc(-c3ccccc3)s2)c1F. The Kier molecular flexibility index (Phi) is 3.97. The third kappa shape index (κ3) is 3.11. The van der Waals surface area contributed by atoms with Crippen LogP contribution in [0.1, 0.15) is 4.88 Å². The number of nitrogens with one attached hydrogen (secondary N) is 1. The topological polar surface area (TPSA) is 12.0 Å². The molecule has 21 heavy (non-hydrogen) atoms. The molecule has 0 unspecified atom stereocenters. The molecule has 0 saturated carbocycles. The number of rotatable bonds is 4. The van der Waals surface area contributed by atoms with Crippen molar-refractivity contribution in [2.75, 3.05) is 5.32 Å². The Balaban J connectivity index is 1.72. The van der Waals surface area contributed by atoms with Gasteiger partial charge in [-0.3, -0.25) is 0 Å². The fraction of sp³-hybridized carbons (Fsp3) is 0.0588. The lowest BCUT2D eigenvalue weighted by atomic mass is 10.2. The van der Waals surface area contributed by atoms with Gasteiger partial charge in [-0.05, 0) is 29.8 Å². The highest BCUT2D eigenvalue weighted by molar-refractivity contribution is 7.15. The van der Waals surface area contributed by atoms with Gasteiger partial charge in [0.1, 0.15) is 0 Å². The molecule has 1 N–H and O–H groups in total. The van der Waals surface area contributed by atoms with E-state index < -0.39 is 11.6 Å². The lowest BCUT2D eigenvalue weighted by Gasteiger charge is -2.06. The highest BCUT2D eigenvalue weighted by Crippen LogP contribution is 2.28. The van der Waals surface area contributed by atoms with Crippen molar-refractivity contribution in [2.24, 2.45) is 0 Å². The first-order valence-electron chi connectivity index (χ1n) is 6.56. The number of hydrogen-bond acceptors (Lipinski definition) is 2. The fourth-order valence-corrected chi connectivity index (χ4v) is 3.01. The van der Waals surface area contributed by atoms with Crippen LogP contribution in [-0.4, -0.2) is 0 Å². The monoisotopic (exact) mass is 301 g/mol. The molecule has 0 aliphatic rings. The molecule has 0 atom stereocenters. The van der Waals surface area contributed by atoms with Gasteiger partial charge in [-0.15, -0.1) is 11.3 Å². The van der Waals surface area contributed by atoms with Crippen LogP contribution in [0, 0.1) is 11.6 Å². The minimum Gasteiger partial charge on any atom is -0.378 e. The maximum absolute atomic E-state index is 13.5. The van der Waals surface area contributed by atoms with Gasteiger partial charge in [-0.1, -0.05) is 36.4 Å². The summed E-state index contributed by atoms with van der Waals surface area (Å²) >= 11 is 1.64. The van der Waals surface area contributed by atoms with Crippen LogP contribution >= 0.6 is 11.3 Å². The summed E-state index contributed by atoms with van der Waals surface area (Å²) in [6.45, 7) is 0.470. The summed E-state index contributed by atoms with van der Waals surface area (Å²) in [5, 5.41) is 2.93. The number of anilines is 1. The average Bonchev–Trinajstić information content (AvgIpc) is 2.99. The zero-order chi connectivity index (χ0) is 14.7. The summed E-state index contributed by atoms with van der Waals surface area (Å²) in [4.78, 5) is 2.23. The molecule has 0 amide bonds. The van der Waals surface area contributed by atoms with Crippen LogP contribution in [0.3, 0.4) is 0 Å². The van der Waals surface area contributed by atoms with E-state index in [0.717, 1.165) is 21.4 Å². The molecule has 1 heterocycles. The van der Waals surface area contributed by atoms with Gasteiger partial charge in [-0.25, -0.2) is 8.78 Å². The zero-order valence-electron chi connectivity index (χ0n) is 11.1. The van der Waals surface area contributed by atoms with Gasteiger partial charge in [0.25, 0.3) is 0 Å². The van der Waals surface area contributed by atoms with Crippen LogP contribution in [0.4, 0.5) is 14.5 Å². The van der Waals surface area contributed by atoms with Crippen molar-refractivity contribution in [3.05, 3.63) is 77.2 Å². The number of thiophene rings is 1. The van der Waals surface area contributed by atoms with Crippen LogP contribution < -0.4 is 5.32 Å². The van der Waals surface area contributed by atoms with Crippen molar-refractivity contribution in [3.8, 4) is 10.4 Å². The van der Waals surface area contributed by atoms with Crippen LogP contribution in [0.15, 0.2) is 60.7 Å². The van der Waals surface area contributed by atoms with Gasteiger partial charge < -0.3 is 5.32 Å². The Morgan fingerprint density at radius 3 is 2.48 bits per heavy atom. The average molecular weight is 301 g/mol. The summed E-state index contributed by atoms with van der Waals surface area (Å²) in [5.74, 6) is -1.67. The first-order chi connectivity index (χ1) is 10.2. The standard InChI is InChI=1S/C17H13F2NS/c18-14-7-4-8-15(17(14)19)20-11-13-9-10-16(21-13)12-5-2-1-3-6-12/h1-10,20H,11H2. The molecule has 106 valence electrons. The van der Waals surface area contributed by atoms with E-state index >= 15 is 0 Å². The lowest BCUT2D eigenvalue weighted by Crippen LogP contribution is -2.01. The van der Waals surface area contributed by atoms with Crippen molar-refractivity contribution in [3.63, 3.8) is 0 Å². The van der Waals surface area contributed by atoms with E-state index in [1.807, 2.05) is 30.3 Å². The molecule has 2 aromatic carbocycles. The van der Waals surface area contributed by atoms with Gasteiger partial charge in [0.05, 0.1) is 5.69 Å². The van der Waals surface area contributed by atoms with E-state index in [0.29, 0.717) is 6.54 Å². The second-order valence-electron chi connectivity index (χ2n) is 4.59. The van der Waals surface area contributed by atoms with Gasteiger partial charge >= 0.3 is 0 Å². The molecule has 0 bridgehead atoms. The lowest BCUT2D eigenvalue weighted by molar-refractivity contribution is 0.511. The first-order valence-corrected chi connectivity index (χ1v) is 7.38. The molecule has 0 saturated heterocycles. The number of hydrogen-bond donors (Lipinski definition) is 1. The maximum atomic E-state index is 13.5. The van der Waals surface area contributed by atoms with Gasteiger partial charge in [0.15, 0.2) is 11.6 Å². The smallest absolute Gasteiger partial charge is 0.181 e. The minimum absolute atomic E-state index is 0.185. The first kappa shape index (κ1) is 13.8. The molecule has 3 aromatic rings. The highest BCUT2D eigenvalue weighted by atomic mass is 32.1. The minimum atomic E-state index is -0.837. The van der Waals surface area contributed by atoms with Crippen LogP contribution in [0.2, 0.25) is 0 Å². The van der Waals surface area contributed by atoms with Gasteiger partial charge in [0.2, 0.25) is 0 Å². The van der Waals surface area contributed by atoms with Crippen molar-refractivity contribution in [2.45, 2.75) is 6.54 Å². The molecule has 1 aromatic heterocycles. The maximum Gasteiger partial charge on any atom is 0.181 e. The van der Waals surface area contributed by atoms with E-state index in [2.05, 4.69) is 17.4 Å². The molecule has 0 spiro atoms. The van der Waals surface area contributed by atoms with E-state index in [1.54, 1.807) is 11.3 Å². The molecule has 1 nitrogen and oxygen atoms in total. The molecule has 0 radical (unpaired) electrons. The number of halogens is 2. The molecular weight excluding hydrogens is 288 g/mol. The Morgan fingerprint density at radius 2 is 1.67 bits per heavy atom. The van der Waals surface area contributed by atoms with Crippen molar-refractivity contribution in [1.82, 2.24) is 0 Å². The third-order valence-corrected chi connectivity index (χ3v) is 4.26. The summed E-state index contributed by atoms with van der Waals surface area (Å²) in [6.07, 6.45) is 0. The van der Waals surface area contributed by atoms with Crippen LogP contribution in [0.25, 0.3) is 10.4 Å². The van der Waals surface area contributed by atoms with E-state index in [-0.39, 0.29) is 5.69 Å². The van der Waals surface area contributed by atoms with Crippen LogP contribution in [0.5, 0.6) is 0 Å². The van der Waals surface area contributed by atoms with Crippen molar-refractivity contribution >= 4 is 17.0 Å². The third-order valence-electron chi connectivity index (χ3n) is 3.12. The fourth-order valence-electron chi connectivity index (χ4n) is 2.05. The predicted octanol–water partition coefficient (Wildman–Crippen LogP) is 5.31. The molecule has 0 fully saturated rings. The van der Waals surface area contributed by atoms with Crippen LogP contribution in [-0.2, 0) is 6.54 Å². The Labute approximate surface area is 125 Å². The Bertz CT molecular complexity index is 738. The summed E-state index contributed by atoms with van der Waals surface area (Å²) in [5.41, 5.74) is 1.34. The molecule has 3 rings (SSSR count). The zero-order valence-corrected chi connectivity index (χ0v) is 12.0. The second kappa shape index (κ2) is 6.06. The normalized spacial score (nSPS) is 10.6. The van der Waals surface area contributed by atoms with Gasteiger partial charge in [0, 0.05) is 16.3 Å².